The lowest BCUT2D eigenvalue weighted by Gasteiger charge is -2.05. The van der Waals surface area contributed by atoms with Gasteiger partial charge in [0.15, 0.2) is 5.78 Å². The van der Waals surface area contributed by atoms with Crippen molar-refractivity contribution in [2.45, 2.75) is 18.2 Å². The Kier molecular flexibility index (Phi) is 5.19. The smallest absolute Gasteiger partial charge is 0.283 e. The largest absolute Gasteiger partial charge is 0.383 e. The standard InChI is InChI=1S/C16H15BrN4O4S2/c1-8(2)7-27(24,25)16-20-21-13(18)10(14(23)19-15(21)26-16)5-9-3-4-12(22)11(17)6-9/h3-6,8H,7,18H2,1-2H3/b9-5+. The van der Waals surface area contributed by atoms with Crippen LogP contribution in [0.25, 0.3) is 11.0 Å². The van der Waals surface area contributed by atoms with Gasteiger partial charge in [0.1, 0.15) is 5.82 Å². The number of nitrogens with two attached hydrogens (primary N) is 1. The highest BCUT2D eigenvalue weighted by atomic mass is 79.9. The predicted molar refractivity (Wildman–Crippen MR) is 108 cm³/mol. The molecule has 142 valence electrons. The highest BCUT2D eigenvalue weighted by Crippen LogP contribution is 2.25. The minimum atomic E-state index is -3.60. The second-order valence-electron chi connectivity index (χ2n) is 6.29. The lowest BCUT2D eigenvalue weighted by Crippen LogP contribution is -2.17. The summed E-state index contributed by atoms with van der Waals surface area (Å²) in [6.45, 7) is 3.58. The quantitative estimate of drug-likeness (QED) is 0.723. The number of sulfone groups is 1. The molecular formula is C16H15BrN4O4S2. The molecule has 0 aromatic carbocycles. The zero-order chi connectivity index (χ0) is 19.9. The number of fused-ring (bicyclic) bond motifs is 1. The van der Waals surface area contributed by atoms with E-state index in [0.29, 0.717) is 10.1 Å². The molecule has 2 N–H and O–H groups in total. The molecule has 0 atom stereocenters. The van der Waals surface area contributed by atoms with E-state index in [0.717, 1.165) is 15.9 Å². The molecular weight excluding hydrogens is 456 g/mol. The molecule has 0 saturated heterocycles. The molecule has 0 unspecified atom stereocenters. The van der Waals surface area contributed by atoms with E-state index < -0.39 is 15.4 Å². The number of nitrogen functional groups attached to an aromatic ring is 1. The molecule has 8 nitrogen and oxygen atoms in total. The highest BCUT2D eigenvalue weighted by Gasteiger charge is 2.23. The van der Waals surface area contributed by atoms with E-state index in [1.807, 2.05) is 0 Å². The number of hydrogen-bond acceptors (Lipinski definition) is 8. The zero-order valence-electron chi connectivity index (χ0n) is 14.3. The Morgan fingerprint density at radius 2 is 2.04 bits per heavy atom. The number of rotatable bonds is 4. The number of aromatic nitrogens is 3. The Morgan fingerprint density at radius 3 is 2.67 bits per heavy atom. The van der Waals surface area contributed by atoms with Crippen molar-refractivity contribution in [3.05, 3.63) is 44.2 Å². The minimum Gasteiger partial charge on any atom is -0.383 e. The Morgan fingerprint density at radius 1 is 1.33 bits per heavy atom. The van der Waals surface area contributed by atoms with Crippen LogP contribution in [0.3, 0.4) is 0 Å². The van der Waals surface area contributed by atoms with Crippen LogP contribution in [0.1, 0.15) is 19.4 Å². The highest BCUT2D eigenvalue weighted by molar-refractivity contribution is 9.12. The molecule has 0 amide bonds. The van der Waals surface area contributed by atoms with Crippen molar-refractivity contribution in [3.8, 4) is 0 Å². The summed E-state index contributed by atoms with van der Waals surface area (Å²) in [6.07, 6.45) is 5.92. The molecule has 27 heavy (non-hydrogen) atoms. The Bertz CT molecular complexity index is 1200. The van der Waals surface area contributed by atoms with E-state index >= 15 is 0 Å². The van der Waals surface area contributed by atoms with Crippen LogP contribution in [0.2, 0.25) is 0 Å². The fourth-order valence-electron chi connectivity index (χ4n) is 2.41. The number of halogens is 1. The van der Waals surface area contributed by atoms with E-state index in [1.54, 1.807) is 26.0 Å². The summed E-state index contributed by atoms with van der Waals surface area (Å²) < 4.78 is 26.2. The van der Waals surface area contributed by atoms with Gasteiger partial charge in [0.25, 0.3) is 5.56 Å². The summed E-state index contributed by atoms with van der Waals surface area (Å²) >= 11 is 3.94. The number of anilines is 1. The van der Waals surface area contributed by atoms with E-state index in [1.165, 1.54) is 12.2 Å². The topological polar surface area (TPSA) is 124 Å². The van der Waals surface area contributed by atoms with Crippen LogP contribution in [0, 0.1) is 5.92 Å². The van der Waals surface area contributed by atoms with Gasteiger partial charge in [-0.1, -0.05) is 31.3 Å². The molecule has 2 aromatic rings. The Hall–Kier alpha value is -2.11. The molecule has 0 bridgehead atoms. The average molecular weight is 471 g/mol. The van der Waals surface area contributed by atoms with E-state index in [2.05, 4.69) is 26.0 Å². The molecule has 0 spiro atoms. The van der Waals surface area contributed by atoms with Crippen molar-refractivity contribution in [1.29, 1.82) is 0 Å². The number of nitrogens with zero attached hydrogens (tertiary/aromatic N) is 3. The van der Waals surface area contributed by atoms with Crippen LogP contribution < -0.4 is 11.3 Å². The first kappa shape index (κ1) is 19.6. The molecule has 2 aromatic heterocycles. The van der Waals surface area contributed by atoms with Crippen molar-refractivity contribution in [2.24, 2.45) is 5.92 Å². The van der Waals surface area contributed by atoms with Crippen molar-refractivity contribution in [3.63, 3.8) is 0 Å². The van der Waals surface area contributed by atoms with Crippen LogP contribution in [0.5, 0.6) is 0 Å². The molecule has 1 aliphatic carbocycles. The maximum Gasteiger partial charge on any atom is 0.283 e. The van der Waals surface area contributed by atoms with Gasteiger partial charge in [-0.25, -0.2) is 8.42 Å². The SMILES string of the molecule is CC(C)CS(=O)(=O)c1nn2c(N)c(/C=C3\C=CC(=O)C(Br)=C3)c(=O)nc2s1. The summed E-state index contributed by atoms with van der Waals surface area (Å²) in [6, 6.07) is 0. The molecule has 3 rings (SSSR count). The van der Waals surface area contributed by atoms with Gasteiger partial charge < -0.3 is 5.73 Å². The van der Waals surface area contributed by atoms with Gasteiger partial charge in [0.05, 0.1) is 15.8 Å². The molecule has 0 saturated carbocycles. The normalized spacial score (nSPS) is 16.5. The third-order valence-electron chi connectivity index (χ3n) is 3.56. The summed E-state index contributed by atoms with van der Waals surface area (Å²) in [5.41, 5.74) is 6.09. The Balaban J connectivity index is 2.14. The van der Waals surface area contributed by atoms with E-state index in [9.17, 15) is 18.0 Å². The van der Waals surface area contributed by atoms with Gasteiger partial charge in [-0.3, -0.25) is 9.59 Å². The second-order valence-corrected chi connectivity index (χ2v) is 10.3. The summed E-state index contributed by atoms with van der Waals surface area (Å²) in [5, 5.41) is 4.05. The van der Waals surface area contributed by atoms with E-state index in [4.69, 9.17) is 5.73 Å². The fraction of sp³-hybridized carbons (Fsp3) is 0.250. The zero-order valence-corrected chi connectivity index (χ0v) is 17.6. The molecule has 0 radical (unpaired) electrons. The molecule has 0 fully saturated rings. The maximum absolute atomic E-state index is 12.4. The van der Waals surface area contributed by atoms with Gasteiger partial charge in [-0.05, 0) is 45.6 Å². The lowest BCUT2D eigenvalue weighted by atomic mass is 10.1. The summed E-state index contributed by atoms with van der Waals surface area (Å²) in [7, 11) is -3.60. The van der Waals surface area contributed by atoms with Crippen molar-refractivity contribution in [1.82, 2.24) is 14.6 Å². The fourth-order valence-corrected chi connectivity index (χ4v) is 5.60. The van der Waals surface area contributed by atoms with Gasteiger partial charge >= 0.3 is 0 Å². The first-order valence-electron chi connectivity index (χ1n) is 7.82. The number of carbonyl (C=O) groups excluding carboxylic acids is 1. The first-order chi connectivity index (χ1) is 12.6. The predicted octanol–water partition coefficient (Wildman–Crippen LogP) is 1.96. The number of hydrogen-bond donors (Lipinski definition) is 1. The van der Waals surface area contributed by atoms with Crippen LogP contribution in [0.4, 0.5) is 5.82 Å². The Labute approximate surface area is 167 Å². The molecule has 11 heteroatoms. The molecule has 2 heterocycles. The third-order valence-corrected chi connectivity index (χ3v) is 7.61. The maximum atomic E-state index is 12.4. The number of carbonyl (C=O) groups is 1. The first-order valence-corrected chi connectivity index (χ1v) is 11.1. The third kappa shape index (κ3) is 3.94. The second kappa shape index (κ2) is 7.13. The number of allylic oxidation sites excluding steroid dienone is 5. The summed E-state index contributed by atoms with van der Waals surface area (Å²) in [4.78, 5) is 27.8. The van der Waals surface area contributed by atoms with Gasteiger partial charge in [-0.15, -0.1) is 5.10 Å². The van der Waals surface area contributed by atoms with Gasteiger partial charge in [-0.2, -0.15) is 9.50 Å². The summed E-state index contributed by atoms with van der Waals surface area (Å²) in [5.74, 6) is -0.343. The van der Waals surface area contributed by atoms with Crippen molar-refractivity contribution in [2.75, 3.05) is 11.5 Å². The average Bonchev–Trinajstić information content (AvgIpc) is 2.98. The van der Waals surface area contributed by atoms with Crippen molar-refractivity contribution < 1.29 is 13.2 Å². The number of ketones is 1. The van der Waals surface area contributed by atoms with Crippen LogP contribution >= 0.6 is 27.3 Å². The molecule has 0 aliphatic heterocycles. The monoisotopic (exact) mass is 470 g/mol. The minimum absolute atomic E-state index is 0.0189. The van der Waals surface area contributed by atoms with Crippen LogP contribution in [0.15, 0.2) is 37.4 Å². The van der Waals surface area contributed by atoms with E-state index in [-0.39, 0.29) is 38.1 Å². The van der Waals surface area contributed by atoms with Gasteiger partial charge in [0.2, 0.25) is 19.1 Å². The van der Waals surface area contributed by atoms with Crippen LogP contribution in [-0.2, 0) is 14.6 Å². The van der Waals surface area contributed by atoms with Gasteiger partial charge in [0, 0.05) is 0 Å². The van der Waals surface area contributed by atoms with Crippen molar-refractivity contribution >= 4 is 59.7 Å². The van der Waals surface area contributed by atoms with Crippen LogP contribution in [-0.4, -0.2) is 34.6 Å². The lowest BCUT2D eigenvalue weighted by molar-refractivity contribution is -0.110. The molecule has 1 aliphatic rings.